The summed E-state index contributed by atoms with van der Waals surface area (Å²) in [4.78, 5) is 12.6. The van der Waals surface area contributed by atoms with Gasteiger partial charge in [-0.3, -0.25) is 4.79 Å². The van der Waals surface area contributed by atoms with Crippen LogP contribution in [0.5, 0.6) is 0 Å². The maximum Gasteiger partial charge on any atom is 0.220 e. The van der Waals surface area contributed by atoms with E-state index in [1.54, 1.807) is 6.08 Å². The standard InChI is InChI=1S/C80H143NO3/c1-3-5-7-9-11-13-15-17-19-21-23-25-27-29-31-33-35-37-38-39-40-41-42-44-46-48-50-52-54-56-58-60-62-64-66-68-70-72-74-76-80(84)81-78(77-82)79(83)75-73-71-69-67-65-63-61-59-57-55-53-51-49-47-45-43-36-34-32-30-28-26-24-22-20-18-16-14-12-10-8-6-4-2/h5,7,11,13,17,19,23,25,29,31,35,37,57,59,65,67,73,75,78-79,82-83H,3-4,6,8-10,12,14-16,18,20-22,24,26-28,30,32-34,36,38-56,58,60-64,66,68-72,74,76-77H2,1-2H3,(H,81,84)/b7-5-,13-11-,19-17-,25-23-,31-29-,37-35-,59-57+,67-65+,75-73+. The van der Waals surface area contributed by atoms with E-state index < -0.39 is 12.1 Å². The van der Waals surface area contributed by atoms with Gasteiger partial charge < -0.3 is 15.5 Å². The highest BCUT2D eigenvalue weighted by molar-refractivity contribution is 5.76. The molecule has 1 amide bonds. The summed E-state index contributed by atoms with van der Waals surface area (Å²) in [5, 5.41) is 23.3. The van der Waals surface area contributed by atoms with E-state index in [9.17, 15) is 15.0 Å². The SMILES string of the molecule is CC/C=C\C/C=C\C/C=C\C/C=C\C/C=C\C/C=C\CCCCCCCCCCCCCCCCCCCCCCC(=O)NC(CO)C(O)/C=C/CC/C=C/CC/C=C/CCCCCCCCCCCCCCCCCCCCCCCCC. The zero-order valence-electron chi connectivity index (χ0n) is 56.2. The molecule has 0 radical (unpaired) electrons. The molecule has 0 heterocycles. The number of rotatable bonds is 68. The summed E-state index contributed by atoms with van der Waals surface area (Å²) in [7, 11) is 0. The van der Waals surface area contributed by atoms with Crippen LogP contribution < -0.4 is 5.32 Å². The first-order chi connectivity index (χ1) is 41.7. The summed E-state index contributed by atoms with van der Waals surface area (Å²) in [6.07, 6.45) is 112. The molecule has 0 aliphatic heterocycles. The van der Waals surface area contributed by atoms with Crippen molar-refractivity contribution in [3.8, 4) is 0 Å². The Morgan fingerprint density at radius 3 is 0.833 bits per heavy atom. The molecule has 0 rings (SSSR count). The molecule has 0 aromatic carbocycles. The maximum absolute atomic E-state index is 12.6. The largest absolute Gasteiger partial charge is 0.394 e. The zero-order valence-corrected chi connectivity index (χ0v) is 56.2. The number of unbranched alkanes of at least 4 members (excludes halogenated alkanes) is 45. The van der Waals surface area contributed by atoms with Crippen molar-refractivity contribution < 1.29 is 15.0 Å². The lowest BCUT2D eigenvalue weighted by molar-refractivity contribution is -0.123. The molecule has 84 heavy (non-hydrogen) atoms. The second-order valence-electron chi connectivity index (χ2n) is 25.0. The van der Waals surface area contributed by atoms with Gasteiger partial charge in [0.25, 0.3) is 0 Å². The third-order valence-corrected chi connectivity index (χ3v) is 16.7. The molecule has 0 aromatic heterocycles. The molecule has 2 unspecified atom stereocenters. The van der Waals surface area contributed by atoms with Crippen molar-refractivity contribution in [2.75, 3.05) is 6.61 Å². The van der Waals surface area contributed by atoms with Gasteiger partial charge in [-0.05, 0) is 96.3 Å². The number of nitrogens with one attached hydrogen (secondary N) is 1. The Bertz CT molecular complexity index is 1560. The molecule has 0 aromatic rings. The van der Waals surface area contributed by atoms with Crippen molar-refractivity contribution >= 4 is 5.91 Å². The predicted molar refractivity (Wildman–Crippen MR) is 377 cm³/mol. The van der Waals surface area contributed by atoms with Gasteiger partial charge in [-0.2, -0.15) is 0 Å². The van der Waals surface area contributed by atoms with E-state index in [0.29, 0.717) is 6.42 Å². The predicted octanol–water partition coefficient (Wildman–Crippen LogP) is 25.7. The Kier molecular flexibility index (Phi) is 71.7. The Labute approximate surface area is 525 Å². The molecular weight excluding hydrogens is 1020 g/mol. The first-order valence-corrected chi connectivity index (χ1v) is 37.1. The van der Waals surface area contributed by atoms with Crippen LogP contribution in [0.25, 0.3) is 0 Å². The summed E-state index contributed by atoms with van der Waals surface area (Å²) in [5.41, 5.74) is 0. The summed E-state index contributed by atoms with van der Waals surface area (Å²) >= 11 is 0. The van der Waals surface area contributed by atoms with Gasteiger partial charge in [0.15, 0.2) is 0 Å². The minimum absolute atomic E-state index is 0.0747. The van der Waals surface area contributed by atoms with E-state index >= 15 is 0 Å². The van der Waals surface area contributed by atoms with Crippen LogP contribution in [0, 0.1) is 0 Å². The van der Waals surface area contributed by atoms with Gasteiger partial charge in [0.2, 0.25) is 5.91 Å². The number of amides is 1. The third kappa shape index (κ3) is 69.8. The van der Waals surface area contributed by atoms with E-state index in [0.717, 1.165) is 77.0 Å². The van der Waals surface area contributed by atoms with Crippen molar-refractivity contribution in [1.82, 2.24) is 5.32 Å². The molecule has 3 N–H and O–H groups in total. The molecule has 0 saturated heterocycles. The highest BCUT2D eigenvalue weighted by atomic mass is 16.3. The molecule has 4 heteroatoms. The molecule has 0 saturated carbocycles. The van der Waals surface area contributed by atoms with Crippen LogP contribution in [-0.2, 0) is 4.79 Å². The highest BCUT2D eigenvalue weighted by Gasteiger charge is 2.18. The highest BCUT2D eigenvalue weighted by Crippen LogP contribution is 2.18. The fraction of sp³-hybridized carbons (Fsp3) is 0.762. The van der Waals surface area contributed by atoms with Gasteiger partial charge in [0.1, 0.15) is 0 Å². The van der Waals surface area contributed by atoms with E-state index in [-0.39, 0.29) is 12.5 Å². The van der Waals surface area contributed by atoms with Crippen molar-refractivity contribution in [1.29, 1.82) is 0 Å². The van der Waals surface area contributed by atoms with Crippen LogP contribution in [0.4, 0.5) is 0 Å². The van der Waals surface area contributed by atoms with Gasteiger partial charge in [-0.1, -0.05) is 380 Å². The molecule has 4 nitrogen and oxygen atoms in total. The number of hydrogen-bond acceptors (Lipinski definition) is 3. The zero-order chi connectivity index (χ0) is 60.5. The average molecular weight is 1170 g/mol. The number of allylic oxidation sites excluding steroid dienone is 17. The maximum atomic E-state index is 12.6. The molecule has 0 aliphatic carbocycles. The van der Waals surface area contributed by atoms with Crippen molar-refractivity contribution in [2.45, 2.75) is 386 Å². The second-order valence-corrected chi connectivity index (χ2v) is 25.0. The molecule has 486 valence electrons. The number of aliphatic hydroxyl groups is 2. The quantitative estimate of drug-likeness (QED) is 0.0420. The molecule has 0 spiro atoms. The lowest BCUT2D eigenvalue weighted by Crippen LogP contribution is -2.45. The fourth-order valence-corrected chi connectivity index (χ4v) is 11.2. The first-order valence-electron chi connectivity index (χ1n) is 37.1. The van der Waals surface area contributed by atoms with Crippen molar-refractivity contribution in [3.05, 3.63) is 109 Å². The normalized spacial score (nSPS) is 13.3. The van der Waals surface area contributed by atoms with Crippen LogP contribution >= 0.6 is 0 Å². The molecule has 0 fully saturated rings. The van der Waals surface area contributed by atoms with E-state index in [4.69, 9.17) is 0 Å². The third-order valence-electron chi connectivity index (χ3n) is 16.7. The molecule has 2 atom stereocenters. The molecular formula is C80H143NO3. The van der Waals surface area contributed by atoms with Gasteiger partial charge >= 0.3 is 0 Å². The van der Waals surface area contributed by atoms with E-state index in [1.165, 1.54) is 276 Å². The number of hydrogen-bond donors (Lipinski definition) is 3. The fourth-order valence-electron chi connectivity index (χ4n) is 11.2. The van der Waals surface area contributed by atoms with Gasteiger partial charge in [0, 0.05) is 6.42 Å². The van der Waals surface area contributed by atoms with Crippen molar-refractivity contribution in [3.63, 3.8) is 0 Å². The molecule has 0 bridgehead atoms. The summed E-state index contributed by atoms with van der Waals surface area (Å²) in [6.45, 7) is 4.21. The monoisotopic (exact) mass is 1170 g/mol. The van der Waals surface area contributed by atoms with Crippen LogP contribution in [0.15, 0.2) is 109 Å². The van der Waals surface area contributed by atoms with Gasteiger partial charge in [-0.25, -0.2) is 0 Å². The van der Waals surface area contributed by atoms with Gasteiger partial charge in [0.05, 0.1) is 18.8 Å². The van der Waals surface area contributed by atoms with E-state index in [1.807, 2.05) is 6.08 Å². The number of carbonyl (C=O) groups excluding carboxylic acids is 1. The topological polar surface area (TPSA) is 69.6 Å². The number of aliphatic hydroxyl groups excluding tert-OH is 2. The average Bonchev–Trinajstić information content (AvgIpc) is 3.51. The van der Waals surface area contributed by atoms with Gasteiger partial charge in [-0.15, -0.1) is 0 Å². The minimum Gasteiger partial charge on any atom is -0.394 e. The Balaban J connectivity index is 3.50. The summed E-state index contributed by atoms with van der Waals surface area (Å²) < 4.78 is 0. The Morgan fingerprint density at radius 2 is 0.536 bits per heavy atom. The first kappa shape index (κ1) is 81.0. The van der Waals surface area contributed by atoms with Crippen LogP contribution in [0.1, 0.15) is 373 Å². The van der Waals surface area contributed by atoms with Crippen molar-refractivity contribution in [2.24, 2.45) is 0 Å². The lowest BCUT2D eigenvalue weighted by Gasteiger charge is -2.19. The molecule has 0 aliphatic rings. The summed E-state index contributed by atoms with van der Waals surface area (Å²) in [5.74, 6) is -0.0747. The minimum atomic E-state index is -0.876. The number of carbonyl (C=O) groups is 1. The second kappa shape index (κ2) is 74.3. The summed E-state index contributed by atoms with van der Waals surface area (Å²) in [6, 6.07) is -0.652. The van der Waals surface area contributed by atoms with Crippen LogP contribution in [0.2, 0.25) is 0 Å². The lowest BCUT2D eigenvalue weighted by atomic mass is 10.0. The smallest absolute Gasteiger partial charge is 0.220 e. The van der Waals surface area contributed by atoms with Crippen LogP contribution in [-0.4, -0.2) is 34.9 Å². The van der Waals surface area contributed by atoms with E-state index in [2.05, 4.69) is 116 Å². The van der Waals surface area contributed by atoms with Crippen LogP contribution in [0.3, 0.4) is 0 Å². The Morgan fingerprint density at radius 1 is 0.298 bits per heavy atom. The Hall–Kier alpha value is -2.95.